The summed E-state index contributed by atoms with van der Waals surface area (Å²) in [5.41, 5.74) is 0.813. The minimum atomic E-state index is -0.0885. The van der Waals surface area contributed by atoms with Gasteiger partial charge in [-0.25, -0.2) is 0 Å². The number of rotatable bonds is 3. The standard InChI is InChI=1S/C9H9ClO2/c1-6(2)5-7(11)8-3-4-9(10)12-8/h3-4H,1,5H2,2H3. The molecule has 0 radical (unpaired) electrons. The lowest BCUT2D eigenvalue weighted by molar-refractivity contribution is 0.0966. The van der Waals surface area contributed by atoms with Gasteiger partial charge in [-0.3, -0.25) is 4.79 Å². The summed E-state index contributed by atoms with van der Waals surface area (Å²) in [7, 11) is 0. The van der Waals surface area contributed by atoms with E-state index in [2.05, 4.69) is 6.58 Å². The second-order valence-electron chi connectivity index (χ2n) is 2.66. The van der Waals surface area contributed by atoms with Gasteiger partial charge in [0, 0.05) is 6.42 Å². The third kappa shape index (κ3) is 2.24. The zero-order chi connectivity index (χ0) is 9.14. The Morgan fingerprint density at radius 3 is 2.75 bits per heavy atom. The Kier molecular flexibility index (Phi) is 2.71. The molecular formula is C9H9ClO2. The van der Waals surface area contributed by atoms with E-state index >= 15 is 0 Å². The van der Waals surface area contributed by atoms with Crippen LogP contribution in [-0.2, 0) is 0 Å². The minimum Gasteiger partial charge on any atom is -0.442 e. The summed E-state index contributed by atoms with van der Waals surface area (Å²) < 4.78 is 4.92. The highest BCUT2D eigenvalue weighted by Gasteiger charge is 2.09. The molecule has 1 aromatic rings. The van der Waals surface area contributed by atoms with Crippen molar-refractivity contribution in [2.24, 2.45) is 0 Å². The van der Waals surface area contributed by atoms with Gasteiger partial charge < -0.3 is 4.42 Å². The Hall–Kier alpha value is -1.02. The van der Waals surface area contributed by atoms with E-state index in [9.17, 15) is 4.79 Å². The second-order valence-corrected chi connectivity index (χ2v) is 3.03. The highest BCUT2D eigenvalue weighted by molar-refractivity contribution is 6.29. The van der Waals surface area contributed by atoms with Crippen LogP contribution >= 0.6 is 11.6 Å². The quantitative estimate of drug-likeness (QED) is 0.534. The van der Waals surface area contributed by atoms with Gasteiger partial charge in [0.1, 0.15) is 0 Å². The average Bonchev–Trinajstić information content (AvgIpc) is 2.34. The zero-order valence-corrected chi connectivity index (χ0v) is 7.52. The van der Waals surface area contributed by atoms with Crippen LogP contribution in [0.2, 0.25) is 5.22 Å². The monoisotopic (exact) mass is 184 g/mol. The molecule has 2 nitrogen and oxygen atoms in total. The molecule has 12 heavy (non-hydrogen) atoms. The van der Waals surface area contributed by atoms with E-state index in [-0.39, 0.29) is 11.0 Å². The average molecular weight is 185 g/mol. The van der Waals surface area contributed by atoms with Crippen LogP contribution in [0, 0.1) is 0 Å². The number of ketones is 1. The van der Waals surface area contributed by atoms with E-state index in [1.54, 1.807) is 19.1 Å². The van der Waals surface area contributed by atoms with Gasteiger partial charge >= 0.3 is 0 Å². The second kappa shape index (κ2) is 3.59. The number of hydrogen-bond acceptors (Lipinski definition) is 2. The minimum absolute atomic E-state index is 0.0885. The van der Waals surface area contributed by atoms with Crippen LogP contribution in [0.15, 0.2) is 28.7 Å². The zero-order valence-electron chi connectivity index (χ0n) is 6.76. The van der Waals surface area contributed by atoms with Gasteiger partial charge in [-0.05, 0) is 30.7 Å². The number of allylic oxidation sites excluding steroid dienone is 1. The molecule has 0 fully saturated rings. The Labute approximate surface area is 75.8 Å². The van der Waals surface area contributed by atoms with Crippen LogP contribution < -0.4 is 0 Å². The van der Waals surface area contributed by atoms with Gasteiger partial charge in [-0.1, -0.05) is 12.2 Å². The van der Waals surface area contributed by atoms with E-state index in [0.717, 1.165) is 5.57 Å². The van der Waals surface area contributed by atoms with Crippen LogP contribution in [-0.4, -0.2) is 5.78 Å². The summed E-state index contributed by atoms with van der Waals surface area (Å²) in [5, 5.41) is 0.236. The lowest BCUT2D eigenvalue weighted by Gasteiger charge is -1.94. The molecule has 0 amide bonds. The summed E-state index contributed by atoms with van der Waals surface area (Å²) in [6.07, 6.45) is 0.309. The molecular weight excluding hydrogens is 176 g/mol. The first-order valence-electron chi connectivity index (χ1n) is 3.52. The van der Waals surface area contributed by atoms with Gasteiger partial charge in [0.2, 0.25) is 5.78 Å². The summed E-state index contributed by atoms with van der Waals surface area (Å²) in [4.78, 5) is 11.3. The maximum atomic E-state index is 11.3. The summed E-state index contributed by atoms with van der Waals surface area (Å²) >= 11 is 5.50. The first-order valence-corrected chi connectivity index (χ1v) is 3.90. The molecule has 0 unspecified atom stereocenters. The fourth-order valence-corrected chi connectivity index (χ4v) is 0.971. The van der Waals surface area contributed by atoms with Gasteiger partial charge in [-0.15, -0.1) is 0 Å². The molecule has 0 atom stereocenters. The first-order chi connectivity index (χ1) is 5.59. The molecule has 0 saturated carbocycles. The molecule has 0 aromatic carbocycles. The molecule has 0 aliphatic heterocycles. The van der Waals surface area contributed by atoms with Crippen molar-refractivity contribution in [2.75, 3.05) is 0 Å². The number of hydrogen-bond donors (Lipinski definition) is 0. The van der Waals surface area contributed by atoms with Gasteiger partial charge in [0.25, 0.3) is 0 Å². The van der Waals surface area contributed by atoms with Crippen molar-refractivity contribution < 1.29 is 9.21 Å². The van der Waals surface area contributed by atoms with E-state index in [0.29, 0.717) is 12.2 Å². The van der Waals surface area contributed by atoms with Crippen molar-refractivity contribution in [2.45, 2.75) is 13.3 Å². The Morgan fingerprint density at radius 2 is 2.33 bits per heavy atom. The SMILES string of the molecule is C=C(C)CC(=O)c1ccc(Cl)o1. The largest absolute Gasteiger partial charge is 0.442 e. The fraction of sp³-hybridized carbons (Fsp3) is 0.222. The molecule has 0 bridgehead atoms. The summed E-state index contributed by atoms with van der Waals surface area (Å²) in [6, 6.07) is 3.11. The molecule has 0 aliphatic carbocycles. The van der Waals surface area contributed by atoms with E-state index in [1.807, 2.05) is 0 Å². The van der Waals surface area contributed by atoms with Crippen LogP contribution in [0.5, 0.6) is 0 Å². The maximum absolute atomic E-state index is 11.3. The van der Waals surface area contributed by atoms with E-state index in [1.165, 1.54) is 0 Å². The molecule has 1 rings (SSSR count). The predicted octanol–water partition coefficient (Wildman–Crippen LogP) is 3.08. The van der Waals surface area contributed by atoms with Crippen molar-refractivity contribution >= 4 is 17.4 Å². The van der Waals surface area contributed by atoms with Gasteiger partial charge in [0.15, 0.2) is 11.0 Å². The van der Waals surface area contributed by atoms with Crippen LogP contribution in [0.4, 0.5) is 0 Å². The molecule has 0 spiro atoms. The van der Waals surface area contributed by atoms with Crippen molar-refractivity contribution in [1.29, 1.82) is 0 Å². The third-order valence-corrected chi connectivity index (χ3v) is 1.51. The van der Waals surface area contributed by atoms with Crippen LogP contribution in [0.25, 0.3) is 0 Å². The van der Waals surface area contributed by atoms with Crippen molar-refractivity contribution in [1.82, 2.24) is 0 Å². The van der Waals surface area contributed by atoms with Crippen molar-refractivity contribution in [3.05, 3.63) is 35.3 Å². The predicted molar refractivity (Wildman–Crippen MR) is 47.5 cm³/mol. The molecule has 3 heteroatoms. The Balaban J connectivity index is 2.72. The number of halogens is 1. The molecule has 1 aromatic heterocycles. The summed E-state index contributed by atoms with van der Waals surface area (Å²) in [6.45, 7) is 5.43. The molecule has 0 saturated heterocycles. The summed E-state index contributed by atoms with van der Waals surface area (Å²) in [5.74, 6) is 0.206. The highest BCUT2D eigenvalue weighted by Crippen LogP contribution is 2.15. The molecule has 64 valence electrons. The van der Waals surface area contributed by atoms with Crippen molar-refractivity contribution in [3.8, 4) is 0 Å². The lowest BCUT2D eigenvalue weighted by Crippen LogP contribution is -1.96. The number of furan rings is 1. The van der Waals surface area contributed by atoms with E-state index < -0.39 is 0 Å². The van der Waals surface area contributed by atoms with Gasteiger partial charge in [-0.2, -0.15) is 0 Å². The number of carbonyl (C=O) groups is 1. The number of Topliss-reactive ketones (excluding diaryl/α,β-unsaturated/α-hetero) is 1. The molecule has 1 heterocycles. The third-order valence-electron chi connectivity index (χ3n) is 1.31. The van der Waals surface area contributed by atoms with Crippen LogP contribution in [0.3, 0.4) is 0 Å². The van der Waals surface area contributed by atoms with E-state index in [4.69, 9.17) is 16.0 Å². The first kappa shape index (κ1) is 9.07. The lowest BCUT2D eigenvalue weighted by atomic mass is 10.1. The van der Waals surface area contributed by atoms with Crippen LogP contribution in [0.1, 0.15) is 23.9 Å². The fourth-order valence-electron chi connectivity index (χ4n) is 0.825. The normalized spacial score (nSPS) is 9.83. The van der Waals surface area contributed by atoms with Crippen molar-refractivity contribution in [3.63, 3.8) is 0 Å². The highest BCUT2D eigenvalue weighted by atomic mass is 35.5. The number of carbonyl (C=O) groups excluding carboxylic acids is 1. The topological polar surface area (TPSA) is 30.2 Å². The smallest absolute Gasteiger partial charge is 0.202 e. The maximum Gasteiger partial charge on any atom is 0.202 e. The molecule has 0 N–H and O–H groups in total. The van der Waals surface area contributed by atoms with Gasteiger partial charge in [0.05, 0.1) is 0 Å². The Morgan fingerprint density at radius 1 is 1.67 bits per heavy atom. The molecule has 0 aliphatic rings. The Bertz CT molecular complexity index is 312.